The van der Waals surface area contributed by atoms with Gasteiger partial charge in [-0.2, -0.15) is 0 Å². The standard InChI is InChI=1S/C50H73N3O4/c1-31(2)34-20-25-50(52-44(56)51-40-30-37(46(40,5)6)42(54)53-28-12-11-13-29-53)27-26-48(8)36(41(34)50)18-19-39-47(7)23-21-35(32-14-16-33(17-15-32)43(55)57-10)45(3,4)38(47)22-24-49(39,48)9/h14-17,21,34,36-41H,1,11-13,18-20,22-30H2,2-10H3,(H2,51,52,56)/t34-,36+,37+,38-,39?,40+,41?,47-,48+,49+,50-/m0/s1. The third kappa shape index (κ3) is 6.02. The number of piperidine rings is 1. The van der Waals surface area contributed by atoms with Gasteiger partial charge in [-0.15, -0.1) is 0 Å². The van der Waals surface area contributed by atoms with Crippen LogP contribution >= 0.6 is 0 Å². The van der Waals surface area contributed by atoms with Crippen LogP contribution in [0.1, 0.15) is 155 Å². The molecular weight excluding hydrogens is 707 g/mol. The van der Waals surface area contributed by atoms with Gasteiger partial charge in [-0.05, 0) is 170 Å². The topological polar surface area (TPSA) is 87.7 Å². The molecule has 11 atom stereocenters. The molecule has 7 aliphatic rings. The van der Waals surface area contributed by atoms with Crippen molar-refractivity contribution in [1.29, 1.82) is 0 Å². The number of allylic oxidation sites excluding steroid dienone is 3. The van der Waals surface area contributed by atoms with Crippen LogP contribution in [0.3, 0.4) is 0 Å². The molecule has 1 heterocycles. The predicted molar refractivity (Wildman–Crippen MR) is 228 cm³/mol. The number of hydrogen-bond acceptors (Lipinski definition) is 4. The van der Waals surface area contributed by atoms with Gasteiger partial charge in [-0.25, -0.2) is 9.59 Å². The molecule has 57 heavy (non-hydrogen) atoms. The van der Waals surface area contributed by atoms with E-state index >= 15 is 0 Å². The number of hydrogen-bond donors (Lipinski definition) is 2. The van der Waals surface area contributed by atoms with Crippen molar-refractivity contribution < 1.29 is 19.1 Å². The van der Waals surface area contributed by atoms with Crippen molar-refractivity contribution in [3.63, 3.8) is 0 Å². The average molecular weight is 780 g/mol. The first-order chi connectivity index (χ1) is 26.8. The summed E-state index contributed by atoms with van der Waals surface area (Å²) in [6.45, 7) is 25.9. The van der Waals surface area contributed by atoms with E-state index in [1.807, 2.05) is 12.1 Å². The highest BCUT2D eigenvalue weighted by Crippen LogP contribution is 2.76. The normalized spacial score (nSPS) is 41.5. The average Bonchev–Trinajstić information content (AvgIpc) is 3.56. The van der Waals surface area contributed by atoms with Crippen LogP contribution in [0.25, 0.3) is 5.57 Å². The Labute approximate surface area is 344 Å². The number of fused-ring (bicyclic) bond motifs is 7. The SMILES string of the molecule is C=C(C)[C@@H]1CC[C@]2(NC(=O)N[C@@H]3C[C@H](C(=O)N4CCCCC4)C3(C)C)CC[C@]3(C)[C@H](CCC4[C@@]5(C)CC=C(c6ccc(C(=O)OC)cc6)C(C)(C)[C@@H]5CC[C@]43C)C12. The van der Waals surface area contributed by atoms with Gasteiger partial charge in [0.05, 0.1) is 12.7 Å². The highest BCUT2D eigenvalue weighted by atomic mass is 16.5. The van der Waals surface area contributed by atoms with Crippen molar-refractivity contribution in [3.8, 4) is 0 Å². The van der Waals surface area contributed by atoms with Gasteiger partial charge in [0.25, 0.3) is 0 Å². The van der Waals surface area contributed by atoms with Crippen LogP contribution in [0.15, 0.2) is 42.5 Å². The maximum absolute atomic E-state index is 14.2. The Hall–Kier alpha value is -3.09. The van der Waals surface area contributed by atoms with Crippen LogP contribution < -0.4 is 10.6 Å². The van der Waals surface area contributed by atoms with E-state index in [0.717, 1.165) is 64.5 Å². The molecule has 5 saturated carbocycles. The first-order valence-electron chi connectivity index (χ1n) is 22.8. The minimum Gasteiger partial charge on any atom is -0.465 e. The van der Waals surface area contributed by atoms with Crippen molar-refractivity contribution in [2.24, 2.45) is 62.6 Å². The van der Waals surface area contributed by atoms with Crippen molar-refractivity contribution >= 4 is 23.5 Å². The number of benzene rings is 1. The molecule has 1 aromatic carbocycles. The number of nitrogens with zero attached hydrogens (tertiary/aromatic N) is 1. The highest BCUT2D eigenvalue weighted by Gasteiger charge is 2.71. The molecule has 6 fully saturated rings. The lowest BCUT2D eigenvalue weighted by Gasteiger charge is -2.72. The first kappa shape index (κ1) is 40.7. The Morgan fingerprint density at radius 3 is 2.18 bits per heavy atom. The van der Waals surface area contributed by atoms with Gasteiger partial charge in [-0.3, -0.25) is 4.79 Å². The van der Waals surface area contributed by atoms with Crippen molar-refractivity contribution in [2.75, 3.05) is 20.2 Å². The van der Waals surface area contributed by atoms with E-state index in [2.05, 4.69) is 95.7 Å². The molecule has 1 aliphatic heterocycles. The van der Waals surface area contributed by atoms with Crippen LogP contribution in [-0.4, -0.2) is 54.6 Å². The van der Waals surface area contributed by atoms with E-state index in [9.17, 15) is 14.4 Å². The fourth-order valence-electron chi connectivity index (χ4n) is 15.7. The maximum Gasteiger partial charge on any atom is 0.337 e. The molecule has 8 rings (SSSR count). The molecule has 1 saturated heterocycles. The fraction of sp³-hybridized carbons (Fsp3) is 0.740. The predicted octanol–water partition coefficient (Wildman–Crippen LogP) is 10.6. The van der Waals surface area contributed by atoms with Crippen LogP contribution in [0.4, 0.5) is 4.79 Å². The number of carbonyl (C=O) groups is 3. The Morgan fingerprint density at radius 2 is 1.53 bits per heavy atom. The molecule has 0 radical (unpaired) electrons. The molecule has 3 amide bonds. The molecule has 1 aromatic rings. The number of nitrogens with one attached hydrogen (secondary N) is 2. The van der Waals surface area contributed by atoms with Crippen molar-refractivity contribution in [3.05, 3.63) is 53.6 Å². The highest BCUT2D eigenvalue weighted by molar-refractivity contribution is 5.90. The third-order valence-corrected chi connectivity index (χ3v) is 19.2. The summed E-state index contributed by atoms with van der Waals surface area (Å²) in [5.41, 5.74) is 4.59. The van der Waals surface area contributed by atoms with Gasteiger partial charge in [0, 0.05) is 30.6 Å². The second-order valence-corrected chi connectivity index (χ2v) is 22.1. The van der Waals surface area contributed by atoms with Gasteiger partial charge in [0.2, 0.25) is 5.91 Å². The summed E-state index contributed by atoms with van der Waals surface area (Å²) in [5, 5.41) is 7.16. The molecule has 0 aromatic heterocycles. The minimum absolute atomic E-state index is 0.00269. The summed E-state index contributed by atoms with van der Waals surface area (Å²) < 4.78 is 4.98. The number of esters is 1. The van der Waals surface area contributed by atoms with Crippen LogP contribution in [0.5, 0.6) is 0 Å². The van der Waals surface area contributed by atoms with E-state index < -0.39 is 0 Å². The zero-order valence-electron chi connectivity index (χ0n) is 36.8. The summed E-state index contributed by atoms with van der Waals surface area (Å²) in [5.74, 6) is 2.49. The lowest BCUT2D eigenvalue weighted by atomic mass is 9.33. The number of likely N-dealkylation sites (tertiary alicyclic amines) is 1. The Balaban J connectivity index is 1.02. The van der Waals surface area contributed by atoms with Gasteiger partial charge >= 0.3 is 12.0 Å². The van der Waals surface area contributed by atoms with Gasteiger partial charge in [0.15, 0.2) is 0 Å². The zero-order chi connectivity index (χ0) is 40.9. The summed E-state index contributed by atoms with van der Waals surface area (Å²) in [6, 6.07) is 8.02. The molecule has 0 spiro atoms. The summed E-state index contributed by atoms with van der Waals surface area (Å²) in [6.07, 6.45) is 17.0. The summed E-state index contributed by atoms with van der Waals surface area (Å²) in [7, 11) is 1.44. The monoisotopic (exact) mass is 780 g/mol. The third-order valence-electron chi connectivity index (χ3n) is 19.2. The van der Waals surface area contributed by atoms with E-state index in [0.29, 0.717) is 35.2 Å². The number of amides is 3. The smallest absolute Gasteiger partial charge is 0.337 e. The van der Waals surface area contributed by atoms with Crippen LogP contribution in [-0.2, 0) is 9.53 Å². The van der Waals surface area contributed by atoms with E-state index in [1.165, 1.54) is 55.9 Å². The van der Waals surface area contributed by atoms with E-state index in [4.69, 9.17) is 4.74 Å². The van der Waals surface area contributed by atoms with Crippen LogP contribution in [0.2, 0.25) is 0 Å². The largest absolute Gasteiger partial charge is 0.465 e. The number of rotatable bonds is 6. The Bertz CT molecular complexity index is 1820. The molecule has 0 bridgehead atoms. The number of ether oxygens (including phenoxy) is 1. The molecule has 7 nitrogen and oxygen atoms in total. The van der Waals surface area contributed by atoms with Crippen LogP contribution in [0, 0.1) is 62.6 Å². The number of carbonyl (C=O) groups excluding carboxylic acids is 3. The van der Waals surface area contributed by atoms with Crippen molar-refractivity contribution in [1.82, 2.24) is 15.5 Å². The van der Waals surface area contributed by atoms with Crippen molar-refractivity contribution in [2.45, 2.75) is 150 Å². The molecule has 2 unspecified atom stereocenters. The second kappa shape index (κ2) is 14.0. The Kier molecular flexibility index (Phi) is 9.99. The Morgan fingerprint density at radius 1 is 0.825 bits per heavy atom. The molecule has 2 N–H and O–H groups in total. The minimum atomic E-state index is -0.291. The quantitative estimate of drug-likeness (QED) is 0.222. The number of methoxy groups -OCH3 is 1. The van der Waals surface area contributed by atoms with Gasteiger partial charge < -0.3 is 20.3 Å². The summed E-state index contributed by atoms with van der Waals surface area (Å²) in [4.78, 5) is 42.0. The van der Waals surface area contributed by atoms with Gasteiger partial charge in [-0.1, -0.05) is 78.8 Å². The molecule has 6 aliphatic carbocycles. The second-order valence-electron chi connectivity index (χ2n) is 22.1. The lowest BCUT2D eigenvalue weighted by molar-refractivity contribution is -0.218. The lowest BCUT2D eigenvalue weighted by Crippen LogP contribution is -2.70. The van der Waals surface area contributed by atoms with E-state index in [1.54, 1.807) is 0 Å². The fourth-order valence-corrected chi connectivity index (χ4v) is 15.7. The molecular formula is C50H73N3O4. The first-order valence-corrected chi connectivity index (χ1v) is 22.8. The summed E-state index contributed by atoms with van der Waals surface area (Å²) >= 11 is 0. The van der Waals surface area contributed by atoms with E-state index in [-0.39, 0.29) is 62.5 Å². The molecule has 7 heteroatoms. The maximum atomic E-state index is 14.2. The van der Waals surface area contributed by atoms with Gasteiger partial charge in [0.1, 0.15) is 0 Å². The zero-order valence-corrected chi connectivity index (χ0v) is 36.8. The molecule has 312 valence electrons. The number of urea groups is 1.